The Balaban J connectivity index is 2.81. The van der Waals surface area contributed by atoms with Crippen molar-refractivity contribution in [3.05, 3.63) is 12.2 Å². The number of rotatable bonds is 2. The molecular formula is C12H20O2. The minimum Gasteiger partial charge on any atom is -0.466 e. The van der Waals surface area contributed by atoms with Gasteiger partial charge in [0, 0.05) is 0 Å². The molecule has 0 saturated heterocycles. The predicted octanol–water partition coefficient (Wildman–Crippen LogP) is 2.79. The normalized spacial score (nSPS) is 30.4. The van der Waals surface area contributed by atoms with E-state index >= 15 is 0 Å². The smallest absolute Gasteiger partial charge is 0.309 e. The first-order valence-corrected chi connectivity index (χ1v) is 5.25. The van der Waals surface area contributed by atoms with E-state index in [1.54, 1.807) is 0 Å². The molecule has 0 spiro atoms. The molecule has 0 radical (unpaired) electrons. The van der Waals surface area contributed by atoms with Gasteiger partial charge in [0.25, 0.3) is 0 Å². The second kappa shape index (κ2) is 3.76. The summed E-state index contributed by atoms with van der Waals surface area (Å²) in [4.78, 5) is 11.7. The largest absolute Gasteiger partial charge is 0.466 e. The molecule has 1 aliphatic carbocycles. The summed E-state index contributed by atoms with van der Waals surface area (Å²) in [7, 11) is 0. The highest BCUT2D eigenvalue weighted by Crippen LogP contribution is 2.49. The number of esters is 1. The quantitative estimate of drug-likeness (QED) is 0.501. The van der Waals surface area contributed by atoms with E-state index in [1.807, 2.05) is 6.92 Å². The van der Waals surface area contributed by atoms with E-state index in [0.29, 0.717) is 12.5 Å². The van der Waals surface area contributed by atoms with Crippen LogP contribution in [0.3, 0.4) is 0 Å². The third-order valence-corrected chi connectivity index (χ3v) is 3.66. The average Bonchev–Trinajstić information content (AvgIpc) is 2.30. The van der Waals surface area contributed by atoms with Gasteiger partial charge in [0.15, 0.2) is 0 Å². The van der Waals surface area contributed by atoms with Gasteiger partial charge in [-0.2, -0.15) is 0 Å². The summed E-state index contributed by atoms with van der Waals surface area (Å²) in [5.41, 5.74) is 1.16. The van der Waals surface area contributed by atoms with Gasteiger partial charge in [-0.15, -0.1) is 0 Å². The lowest BCUT2D eigenvalue weighted by atomic mass is 9.76. The Bertz CT molecular complexity index is 253. The first kappa shape index (κ1) is 11.3. The summed E-state index contributed by atoms with van der Waals surface area (Å²) in [6, 6.07) is 0. The molecule has 1 aliphatic rings. The summed E-state index contributed by atoms with van der Waals surface area (Å²) in [6.07, 6.45) is 0.785. The fourth-order valence-electron chi connectivity index (χ4n) is 2.16. The van der Waals surface area contributed by atoms with Crippen molar-refractivity contribution in [2.24, 2.45) is 17.3 Å². The highest BCUT2D eigenvalue weighted by Gasteiger charge is 2.47. The third kappa shape index (κ3) is 1.70. The highest BCUT2D eigenvalue weighted by atomic mass is 16.5. The number of hydrogen-bond donors (Lipinski definition) is 0. The summed E-state index contributed by atoms with van der Waals surface area (Å²) in [5, 5.41) is 0. The molecule has 0 bridgehead atoms. The van der Waals surface area contributed by atoms with Crippen molar-refractivity contribution in [3.8, 4) is 0 Å². The second-order valence-corrected chi connectivity index (χ2v) is 4.71. The van der Waals surface area contributed by atoms with Gasteiger partial charge in [-0.25, -0.2) is 0 Å². The molecule has 0 amide bonds. The SMILES string of the molecule is C=C1C[C@@H](C(=O)OCC)C(C)(C)[C@@H]1C. The van der Waals surface area contributed by atoms with Gasteiger partial charge in [-0.3, -0.25) is 4.79 Å². The van der Waals surface area contributed by atoms with Gasteiger partial charge in [-0.1, -0.05) is 32.9 Å². The molecule has 0 aromatic carbocycles. The first-order valence-electron chi connectivity index (χ1n) is 5.25. The van der Waals surface area contributed by atoms with Crippen LogP contribution in [0.5, 0.6) is 0 Å². The molecule has 0 aliphatic heterocycles. The van der Waals surface area contributed by atoms with Crippen molar-refractivity contribution in [2.75, 3.05) is 6.61 Å². The summed E-state index contributed by atoms with van der Waals surface area (Å²) in [5.74, 6) is 0.324. The van der Waals surface area contributed by atoms with E-state index in [1.165, 1.54) is 5.57 Å². The van der Waals surface area contributed by atoms with Crippen LogP contribution in [0.2, 0.25) is 0 Å². The van der Waals surface area contributed by atoms with Crippen molar-refractivity contribution in [3.63, 3.8) is 0 Å². The van der Waals surface area contributed by atoms with E-state index in [0.717, 1.165) is 6.42 Å². The van der Waals surface area contributed by atoms with Gasteiger partial charge in [-0.05, 0) is 24.7 Å². The minimum atomic E-state index is -0.0667. The zero-order chi connectivity index (χ0) is 10.9. The van der Waals surface area contributed by atoms with Crippen LogP contribution in [-0.2, 0) is 9.53 Å². The van der Waals surface area contributed by atoms with Crippen LogP contribution < -0.4 is 0 Å². The average molecular weight is 196 g/mol. The Labute approximate surface area is 86.3 Å². The Morgan fingerprint density at radius 3 is 2.57 bits per heavy atom. The fraction of sp³-hybridized carbons (Fsp3) is 0.750. The van der Waals surface area contributed by atoms with Gasteiger partial charge >= 0.3 is 5.97 Å². The van der Waals surface area contributed by atoms with Gasteiger partial charge in [0.05, 0.1) is 12.5 Å². The molecule has 0 N–H and O–H groups in total. The molecule has 14 heavy (non-hydrogen) atoms. The van der Waals surface area contributed by atoms with Crippen molar-refractivity contribution >= 4 is 5.97 Å². The maximum absolute atomic E-state index is 11.7. The van der Waals surface area contributed by atoms with Crippen LogP contribution in [0, 0.1) is 17.3 Å². The van der Waals surface area contributed by atoms with Crippen LogP contribution in [0.1, 0.15) is 34.1 Å². The molecule has 0 heterocycles. The van der Waals surface area contributed by atoms with E-state index in [4.69, 9.17) is 4.74 Å². The van der Waals surface area contributed by atoms with Crippen LogP contribution >= 0.6 is 0 Å². The second-order valence-electron chi connectivity index (χ2n) is 4.71. The van der Waals surface area contributed by atoms with E-state index in [9.17, 15) is 4.79 Å². The van der Waals surface area contributed by atoms with Crippen molar-refractivity contribution in [1.29, 1.82) is 0 Å². The molecule has 1 saturated carbocycles. The molecule has 2 nitrogen and oxygen atoms in total. The number of hydrogen-bond acceptors (Lipinski definition) is 2. The third-order valence-electron chi connectivity index (χ3n) is 3.66. The monoisotopic (exact) mass is 196 g/mol. The van der Waals surface area contributed by atoms with E-state index < -0.39 is 0 Å². The van der Waals surface area contributed by atoms with Crippen LogP contribution in [0.15, 0.2) is 12.2 Å². The Morgan fingerprint density at radius 2 is 2.21 bits per heavy atom. The van der Waals surface area contributed by atoms with Crippen LogP contribution in [-0.4, -0.2) is 12.6 Å². The Morgan fingerprint density at radius 1 is 1.64 bits per heavy atom. The molecule has 2 heteroatoms. The number of allylic oxidation sites excluding steroid dienone is 1. The van der Waals surface area contributed by atoms with E-state index in [2.05, 4.69) is 27.4 Å². The lowest BCUT2D eigenvalue weighted by Gasteiger charge is -2.29. The molecule has 80 valence electrons. The maximum atomic E-state index is 11.7. The molecule has 0 aromatic rings. The van der Waals surface area contributed by atoms with Crippen molar-refractivity contribution in [1.82, 2.24) is 0 Å². The zero-order valence-electron chi connectivity index (χ0n) is 9.59. The van der Waals surface area contributed by atoms with Gasteiger partial charge < -0.3 is 4.74 Å². The lowest BCUT2D eigenvalue weighted by molar-refractivity contribution is -0.151. The highest BCUT2D eigenvalue weighted by molar-refractivity contribution is 5.74. The minimum absolute atomic E-state index is 0.00931. The van der Waals surface area contributed by atoms with E-state index in [-0.39, 0.29) is 17.3 Å². The lowest BCUT2D eigenvalue weighted by Crippen LogP contribution is -2.30. The van der Waals surface area contributed by atoms with Gasteiger partial charge in [0.2, 0.25) is 0 Å². The Kier molecular flexibility index (Phi) is 3.03. The molecule has 0 aromatic heterocycles. The zero-order valence-corrected chi connectivity index (χ0v) is 9.59. The number of ether oxygens (including phenoxy) is 1. The maximum Gasteiger partial charge on any atom is 0.309 e. The first-order chi connectivity index (χ1) is 6.41. The summed E-state index contributed by atoms with van der Waals surface area (Å²) in [6.45, 7) is 12.7. The summed E-state index contributed by atoms with van der Waals surface area (Å²) >= 11 is 0. The van der Waals surface area contributed by atoms with Crippen molar-refractivity contribution in [2.45, 2.75) is 34.1 Å². The standard InChI is InChI=1S/C12H20O2/c1-6-14-11(13)10-7-8(2)9(3)12(10,4)5/h9-10H,2,6-7H2,1,3-5H3/t9-,10+/m1/s1. The topological polar surface area (TPSA) is 26.3 Å². The number of carbonyl (C=O) groups excluding carboxylic acids is 1. The molecule has 2 atom stereocenters. The predicted molar refractivity (Wildman–Crippen MR) is 56.8 cm³/mol. The fourth-order valence-corrected chi connectivity index (χ4v) is 2.16. The van der Waals surface area contributed by atoms with Crippen LogP contribution in [0.4, 0.5) is 0 Å². The molecular weight excluding hydrogens is 176 g/mol. The molecule has 1 rings (SSSR count). The van der Waals surface area contributed by atoms with Crippen molar-refractivity contribution < 1.29 is 9.53 Å². The molecule has 0 unspecified atom stereocenters. The number of carbonyl (C=O) groups is 1. The Hall–Kier alpha value is -0.790. The summed E-state index contributed by atoms with van der Waals surface area (Å²) < 4.78 is 5.08. The molecule has 1 fully saturated rings. The van der Waals surface area contributed by atoms with Crippen LogP contribution in [0.25, 0.3) is 0 Å². The van der Waals surface area contributed by atoms with Gasteiger partial charge in [0.1, 0.15) is 0 Å².